The molecule has 2 rings (SSSR count). The van der Waals surface area contributed by atoms with Gasteiger partial charge in [0, 0.05) is 11.1 Å². The van der Waals surface area contributed by atoms with Crippen molar-refractivity contribution in [1.82, 2.24) is 0 Å². The van der Waals surface area contributed by atoms with Crippen LogP contribution >= 0.6 is 0 Å². The fourth-order valence-electron chi connectivity index (χ4n) is 1.64. The van der Waals surface area contributed by atoms with Gasteiger partial charge in [0.2, 0.25) is 0 Å². The lowest BCUT2D eigenvalue weighted by Gasteiger charge is -1.98. The van der Waals surface area contributed by atoms with Crippen LogP contribution in [0.1, 0.15) is 22.3 Å². The van der Waals surface area contributed by atoms with E-state index in [0.29, 0.717) is 0 Å². The second-order valence-electron chi connectivity index (χ2n) is 3.93. The molecule has 0 aliphatic carbocycles. The lowest BCUT2D eigenvalue weighted by molar-refractivity contribution is 0.281. The molecule has 84 valence electrons. The minimum Gasteiger partial charge on any atom is -0.392 e. The number of benzene rings is 2. The molecule has 1 nitrogen and oxygen atoms in total. The predicted molar refractivity (Wildman–Crippen MR) is 69.5 cm³/mol. The number of aliphatic hydroxyl groups is 1. The van der Waals surface area contributed by atoms with Crippen LogP contribution in [0.15, 0.2) is 48.5 Å². The summed E-state index contributed by atoms with van der Waals surface area (Å²) in [5.41, 5.74) is 3.95. The number of hydrogen-bond donors (Lipinski definition) is 1. The van der Waals surface area contributed by atoms with Crippen LogP contribution in [-0.2, 0) is 6.61 Å². The van der Waals surface area contributed by atoms with E-state index >= 15 is 0 Å². The van der Waals surface area contributed by atoms with E-state index in [1.54, 1.807) is 0 Å². The van der Waals surface area contributed by atoms with Crippen LogP contribution in [0, 0.1) is 18.8 Å². The van der Waals surface area contributed by atoms with Crippen LogP contribution in [0.3, 0.4) is 0 Å². The van der Waals surface area contributed by atoms with Crippen molar-refractivity contribution in [3.63, 3.8) is 0 Å². The van der Waals surface area contributed by atoms with E-state index in [0.717, 1.165) is 16.7 Å². The Morgan fingerprint density at radius 2 is 1.82 bits per heavy atom. The van der Waals surface area contributed by atoms with Crippen molar-refractivity contribution in [2.75, 3.05) is 0 Å². The van der Waals surface area contributed by atoms with Crippen molar-refractivity contribution in [2.24, 2.45) is 0 Å². The van der Waals surface area contributed by atoms with Gasteiger partial charge in [-0.25, -0.2) is 0 Å². The van der Waals surface area contributed by atoms with Crippen LogP contribution in [0.5, 0.6) is 0 Å². The maximum absolute atomic E-state index is 9.19. The third kappa shape index (κ3) is 2.96. The van der Waals surface area contributed by atoms with Crippen molar-refractivity contribution in [3.05, 3.63) is 70.8 Å². The van der Waals surface area contributed by atoms with Gasteiger partial charge >= 0.3 is 0 Å². The molecule has 2 aromatic carbocycles. The normalized spacial score (nSPS) is 9.53. The van der Waals surface area contributed by atoms with Gasteiger partial charge in [0.15, 0.2) is 0 Å². The monoisotopic (exact) mass is 222 g/mol. The Balaban J connectivity index is 2.33. The molecule has 0 bridgehead atoms. The minimum atomic E-state index is 0.0265. The van der Waals surface area contributed by atoms with Gasteiger partial charge in [0.25, 0.3) is 0 Å². The highest BCUT2D eigenvalue weighted by atomic mass is 16.3. The zero-order chi connectivity index (χ0) is 12.1. The zero-order valence-electron chi connectivity index (χ0n) is 9.77. The number of rotatable bonds is 1. The molecule has 0 aliphatic heterocycles. The maximum atomic E-state index is 9.19. The SMILES string of the molecule is Cc1cccc(C#Cc2ccccc2CO)c1. The first kappa shape index (κ1) is 11.4. The van der Waals surface area contributed by atoms with E-state index < -0.39 is 0 Å². The van der Waals surface area contributed by atoms with Crippen molar-refractivity contribution in [3.8, 4) is 11.8 Å². The molecular formula is C16H14O. The maximum Gasteiger partial charge on any atom is 0.0694 e. The average Bonchev–Trinajstić information content (AvgIpc) is 2.37. The summed E-state index contributed by atoms with van der Waals surface area (Å²) in [7, 11) is 0. The van der Waals surface area contributed by atoms with Crippen molar-refractivity contribution < 1.29 is 5.11 Å². The van der Waals surface area contributed by atoms with Gasteiger partial charge in [-0.15, -0.1) is 0 Å². The summed E-state index contributed by atoms with van der Waals surface area (Å²) in [6, 6.07) is 15.7. The summed E-state index contributed by atoms with van der Waals surface area (Å²) in [6.45, 7) is 2.07. The molecule has 0 atom stereocenters. The van der Waals surface area contributed by atoms with E-state index in [4.69, 9.17) is 0 Å². The highest BCUT2D eigenvalue weighted by Crippen LogP contribution is 2.08. The third-order valence-corrected chi connectivity index (χ3v) is 2.55. The molecule has 0 radical (unpaired) electrons. The van der Waals surface area contributed by atoms with Gasteiger partial charge in [-0.1, -0.05) is 42.2 Å². The van der Waals surface area contributed by atoms with E-state index in [1.165, 1.54) is 5.56 Å². The summed E-state index contributed by atoms with van der Waals surface area (Å²) in [5, 5.41) is 9.19. The first-order chi connectivity index (χ1) is 8.29. The van der Waals surface area contributed by atoms with Crippen molar-refractivity contribution >= 4 is 0 Å². The van der Waals surface area contributed by atoms with E-state index in [2.05, 4.69) is 17.9 Å². The van der Waals surface area contributed by atoms with Gasteiger partial charge in [0.05, 0.1) is 6.61 Å². The highest BCUT2D eigenvalue weighted by Gasteiger charge is 1.95. The molecule has 0 heterocycles. The quantitative estimate of drug-likeness (QED) is 0.736. The third-order valence-electron chi connectivity index (χ3n) is 2.55. The molecule has 1 N–H and O–H groups in total. The fraction of sp³-hybridized carbons (Fsp3) is 0.125. The van der Waals surface area contributed by atoms with Crippen LogP contribution in [0.2, 0.25) is 0 Å². The summed E-state index contributed by atoms with van der Waals surface area (Å²) in [6.07, 6.45) is 0. The number of aryl methyl sites for hydroxylation is 1. The average molecular weight is 222 g/mol. The van der Waals surface area contributed by atoms with Gasteiger partial charge in [-0.05, 0) is 36.2 Å². The number of aliphatic hydroxyl groups excluding tert-OH is 1. The Morgan fingerprint density at radius 3 is 2.59 bits per heavy atom. The fourth-order valence-corrected chi connectivity index (χ4v) is 1.64. The molecule has 0 saturated carbocycles. The van der Waals surface area contributed by atoms with Crippen LogP contribution in [-0.4, -0.2) is 5.11 Å². The smallest absolute Gasteiger partial charge is 0.0694 e. The molecule has 17 heavy (non-hydrogen) atoms. The minimum absolute atomic E-state index is 0.0265. The van der Waals surface area contributed by atoms with E-state index in [9.17, 15) is 5.11 Å². The molecule has 0 fully saturated rings. The summed E-state index contributed by atoms with van der Waals surface area (Å²) in [4.78, 5) is 0. The van der Waals surface area contributed by atoms with Gasteiger partial charge in [-0.3, -0.25) is 0 Å². The Hall–Kier alpha value is -2.04. The van der Waals surface area contributed by atoms with Crippen LogP contribution in [0.4, 0.5) is 0 Å². The molecule has 1 heteroatoms. The predicted octanol–water partition coefficient (Wildman–Crippen LogP) is 2.89. The molecule has 0 amide bonds. The van der Waals surface area contributed by atoms with Crippen LogP contribution in [0.25, 0.3) is 0 Å². The van der Waals surface area contributed by atoms with E-state index in [1.807, 2.05) is 49.4 Å². The Labute approximate surface area is 102 Å². The van der Waals surface area contributed by atoms with Gasteiger partial charge in [0.1, 0.15) is 0 Å². The molecule has 0 saturated heterocycles. The Kier molecular flexibility index (Phi) is 3.59. The second kappa shape index (κ2) is 5.34. The lowest BCUT2D eigenvalue weighted by Crippen LogP contribution is -1.88. The largest absolute Gasteiger partial charge is 0.392 e. The van der Waals surface area contributed by atoms with Crippen LogP contribution < -0.4 is 0 Å². The first-order valence-corrected chi connectivity index (χ1v) is 5.57. The number of hydrogen-bond acceptors (Lipinski definition) is 1. The summed E-state index contributed by atoms with van der Waals surface area (Å²) < 4.78 is 0. The second-order valence-corrected chi connectivity index (χ2v) is 3.93. The standard InChI is InChI=1S/C16H14O/c1-13-5-4-6-14(11-13)9-10-15-7-2-3-8-16(15)12-17/h2-8,11,17H,12H2,1H3. The molecule has 0 unspecified atom stereocenters. The van der Waals surface area contributed by atoms with E-state index in [-0.39, 0.29) is 6.61 Å². The Morgan fingerprint density at radius 1 is 1.00 bits per heavy atom. The zero-order valence-corrected chi connectivity index (χ0v) is 9.77. The van der Waals surface area contributed by atoms with Gasteiger partial charge < -0.3 is 5.11 Å². The molecular weight excluding hydrogens is 208 g/mol. The van der Waals surface area contributed by atoms with Gasteiger partial charge in [-0.2, -0.15) is 0 Å². The van der Waals surface area contributed by atoms with Crippen molar-refractivity contribution in [1.29, 1.82) is 0 Å². The topological polar surface area (TPSA) is 20.2 Å². The highest BCUT2D eigenvalue weighted by molar-refractivity contribution is 5.46. The lowest BCUT2D eigenvalue weighted by atomic mass is 10.1. The summed E-state index contributed by atoms with van der Waals surface area (Å²) >= 11 is 0. The molecule has 0 spiro atoms. The molecule has 2 aromatic rings. The molecule has 0 aromatic heterocycles. The van der Waals surface area contributed by atoms with Crippen molar-refractivity contribution in [2.45, 2.75) is 13.5 Å². The summed E-state index contributed by atoms with van der Waals surface area (Å²) in [5.74, 6) is 6.21. The Bertz CT molecular complexity index is 573. The first-order valence-electron chi connectivity index (χ1n) is 5.57. The molecule has 0 aliphatic rings.